The highest BCUT2D eigenvalue weighted by atomic mass is 35.5. The molecule has 0 radical (unpaired) electrons. The highest BCUT2D eigenvalue weighted by Gasteiger charge is 2.21. The monoisotopic (exact) mass is 446 g/mol. The zero-order chi connectivity index (χ0) is 22.1. The van der Waals surface area contributed by atoms with Crippen LogP contribution < -0.4 is 5.32 Å². The van der Waals surface area contributed by atoms with Gasteiger partial charge in [0.2, 0.25) is 5.91 Å². The van der Waals surface area contributed by atoms with Crippen LogP contribution in [-0.4, -0.2) is 25.2 Å². The Morgan fingerprint density at radius 2 is 1.80 bits per heavy atom. The summed E-state index contributed by atoms with van der Waals surface area (Å²) in [6.07, 6.45) is -0.158. The molecule has 0 unspecified atom stereocenters. The highest BCUT2D eigenvalue weighted by Crippen LogP contribution is 2.29. The van der Waals surface area contributed by atoms with Gasteiger partial charge in [0, 0.05) is 28.3 Å². The van der Waals surface area contributed by atoms with Gasteiger partial charge in [0.25, 0.3) is 0 Å². The van der Waals surface area contributed by atoms with E-state index in [1.54, 1.807) is 43.3 Å². The minimum Gasteiger partial charge on any atom is -0.356 e. The van der Waals surface area contributed by atoms with Gasteiger partial charge >= 0.3 is 0 Å². The minimum atomic E-state index is -3.68. The molecule has 2 aromatic carbocycles. The van der Waals surface area contributed by atoms with E-state index < -0.39 is 9.84 Å². The van der Waals surface area contributed by atoms with Crippen molar-refractivity contribution in [3.63, 3.8) is 0 Å². The molecule has 0 aliphatic heterocycles. The van der Waals surface area contributed by atoms with Gasteiger partial charge in [-0.3, -0.25) is 4.79 Å². The van der Waals surface area contributed by atoms with Crippen LogP contribution in [0.1, 0.15) is 28.8 Å². The predicted octanol–water partition coefficient (Wildman–Crippen LogP) is 5.03. The lowest BCUT2D eigenvalue weighted by atomic mass is 10.1. The molecule has 158 valence electrons. The van der Waals surface area contributed by atoms with Crippen LogP contribution in [0.4, 0.5) is 5.69 Å². The Balaban J connectivity index is 1.77. The van der Waals surface area contributed by atoms with Crippen molar-refractivity contribution in [2.24, 2.45) is 0 Å². The van der Waals surface area contributed by atoms with E-state index in [0.29, 0.717) is 27.6 Å². The van der Waals surface area contributed by atoms with Crippen LogP contribution in [0.25, 0.3) is 11.3 Å². The van der Waals surface area contributed by atoms with Gasteiger partial charge in [0.1, 0.15) is 0 Å². The molecular formula is C22H23ClN2O4S. The van der Waals surface area contributed by atoms with Crippen LogP contribution in [0.2, 0.25) is 5.02 Å². The van der Waals surface area contributed by atoms with E-state index in [2.05, 4.69) is 10.5 Å². The van der Waals surface area contributed by atoms with Gasteiger partial charge in [0.15, 0.2) is 15.6 Å². The van der Waals surface area contributed by atoms with Crippen molar-refractivity contribution in [1.29, 1.82) is 0 Å². The van der Waals surface area contributed by atoms with Crippen LogP contribution in [0, 0.1) is 27.7 Å². The van der Waals surface area contributed by atoms with E-state index in [0.717, 1.165) is 16.8 Å². The molecule has 3 aromatic rings. The second kappa shape index (κ2) is 8.62. The van der Waals surface area contributed by atoms with Crippen molar-refractivity contribution in [3.05, 3.63) is 63.8 Å². The number of hydrogen-bond donors (Lipinski definition) is 1. The number of hydrogen-bond acceptors (Lipinski definition) is 5. The zero-order valence-corrected chi connectivity index (χ0v) is 18.8. The lowest BCUT2D eigenvalue weighted by molar-refractivity contribution is -0.115. The normalized spacial score (nSPS) is 11.5. The molecule has 0 aliphatic rings. The first-order valence-corrected chi connectivity index (χ1v) is 11.4. The maximum absolute atomic E-state index is 13.0. The molecule has 6 nitrogen and oxygen atoms in total. The number of benzene rings is 2. The summed E-state index contributed by atoms with van der Waals surface area (Å²) in [4.78, 5) is 12.5. The summed E-state index contributed by atoms with van der Waals surface area (Å²) in [6.45, 7) is 7.25. The Kier molecular flexibility index (Phi) is 6.33. The SMILES string of the molecule is Cc1cc(Cl)ccc1NC(=O)CCS(=O)(=O)c1cc(-c2onc(C)c2C)ccc1C. The summed E-state index contributed by atoms with van der Waals surface area (Å²) < 4.78 is 31.3. The van der Waals surface area contributed by atoms with Gasteiger partial charge in [-0.15, -0.1) is 0 Å². The number of sulfone groups is 1. The number of anilines is 1. The molecule has 30 heavy (non-hydrogen) atoms. The number of nitrogens with one attached hydrogen (secondary N) is 1. The van der Waals surface area contributed by atoms with Crippen LogP contribution >= 0.6 is 11.6 Å². The Morgan fingerprint density at radius 3 is 2.43 bits per heavy atom. The Labute approximate surface area is 181 Å². The molecule has 8 heteroatoms. The summed E-state index contributed by atoms with van der Waals surface area (Å²) in [5.41, 5.74) is 4.28. The van der Waals surface area contributed by atoms with E-state index in [4.69, 9.17) is 16.1 Å². The van der Waals surface area contributed by atoms with Gasteiger partial charge < -0.3 is 9.84 Å². The molecule has 1 aromatic heterocycles. The smallest absolute Gasteiger partial charge is 0.225 e. The van der Waals surface area contributed by atoms with E-state index in [-0.39, 0.29) is 23.0 Å². The molecule has 0 saturated carbocycles. The van der Waals surface area contributed by atoms with E-state index in [9.17, 15) is 13.2 Å². The number of halogens is 1. The van der Waals surface area contributed by atoms with Gasteiger partial charge in [-0.1, -0.05) is 28.9 Å². The molecule has 0 bridgehead atoms. The molecule has 1 amide bonds. The Hall–Kier alpha value is -2.64. The zero-order valence-electron chi connectivity index (χ0n) is 17.2. The third-order valence-corrected chi connectivity index (χ3v) is 7.09. The number of nitrogens with zero attached hydrogens (tertiary/aromatic N) is 1. The summed E-state index contributed by atoms with van der Waals surface area (Å²) in [5.74, 6) is -0.135. The summed E-state index contributed by atoms with van der Waals surface area (Å²) in [5, 5.41) is 7.24. The van der Waals surface area contributed by atoms with Gasteiger partial charge in [-0.2, -0.15) is 0 Å². The summed E-state index contributed by atoms with van der Waals surface area (Å²) in [7, 11) is -3.68. The van der Waals surface area contributed by atoms with Crippen molar-refractivity contribution < 1.29 is 17.7 Å². The molecule has 1 heterocycles. The molecule has 0 atom stereocenters. The third kappa shape index (κ3) is 4.74. The first kappa shape index (κ1) is 22.1. The maximum Gasteiger partial charge on any atom is 0.225 e. The van der Waals surface area contributed by atoms with Crippen molar-refractivity contribution in [2.75, 3.05) is 11.1 Å². The lowest BCUT2D eigenvalue weighted by Crippen LogP contribution is -2.18. The number of aryl methyl sites for hydroxylation is 3. The van der Waals surface area contributed by atoms with Crippen LogP contribution in [0.3, 0.4) is 0 Å². The topological polar surface area (TPSA) is 89.3 Å². The Morgan fingerprint density at radius 1 is 1.07 bits per heavy atom. The molecule has 1 N–H and O–H groups in total. The number of amides is 1. The van der Waals surface area contributed by atoms with Crippen molar-refractivity contribution >= 4 is 33.0 Å². The van der Waals surface area contributed by atoms with Crippen molar-refractivity contribution in [1.82, 2.24) is 5.16 Å². The van der Waals surface area contributed by atoms with Crippen molar-refractivity contribution in [3.8, 4) is 11.3 Å². The number of rotatable bonds is 6. The van der Waals surface area contributed by atoms with Gasteiger partial charge in [-0.25, -0.2) is 8.42 Å². The first-order chi connectivity index (χ1) is 14.1. The fourth-order valence-electron chi connectivity index (χ4n) is 3.08. The fourth-order valence-corrected chi connectivity index (χ4v) is 4.84. The molecule has 0 spiro atoms. The minimum absolute atomic E-state index is 0.158. The Bertz CT molecular complexity index is 1220. The number of carbonyl (C=O) groups is 1. The molecule has 0 fully saturated rings. The number of carbonyl (C=O) groups excluding carboxylic acids is 1. The van der Waals surface area contributed by atoms with Gasteiger partial charge in [0.05, 0.1) is 16.3 Å². The highest BCUT2D eigenvalue weighted by molar-refractivity contribution is 7.91. The lowest BCUT2D eigenvalue weighted by Gasteiger charge is -2.11. The van der Waals surface area contributed by atoms with Crippen LogP contribution in [0.5, 0.6) is 0 Å². The quantitative estimate of drug-likeness (QED) is 0.573. The summed E-state index contributed by atoms with van der Waals surface area (Å²) in [6, 6.07) is 10.2. The average molecular weight is 447 g/mol. The second-order valence-electron chi connectivity index (χ2n) is 7.28. The largest absolute Gasteiger partial charge is 0.356 e. The maximum atomic E-state index is 13.0. The standard InChI is InChI=1S/C22H23ClN2O4S/c1-13-5-6-17(22-15(3)16(4)25-29-22)12-20(13)30(27,28)10-9-21(26)24-19-8-7-18(23)11-14(19)2/h5-8,11-12H,9-10H2,1-4H3,(H,24,26). The van der Waals surface area contributed by atoms with E-state index in [1.807, 2.05) is 20.8 Å². The fraction of sp³-hybridized carbons (Fsp3) is 0.273. The van der Waals surface area contributed by atoms with Gasteiger partial charge in [-0.05, 0) is 63.1 Å². The number of aromatic nitrogens is 1. The summed E-state index contributed by atoms with van der Waals surface area (Å²) >= 11 is 5.92. The molecule has 3 rings (SSSR count). The second-order valence-corrected chi connectivity index (χ2v) is 9.79. The molecular weight excluding hydrogens is 424 g/mol. The molecule has 0 saturated heterocycles. The first-order valence-electron chi connectivity index (χ1n) is 9.41. The van der Waals surface area contributed by atoms with Crippen LogP contribution in [-0.2, 0) is 14.6 Å². The van der Waals surface area contributed by atoms with E-state index >= 15 is 0 Å². The molecule has 0 aliphatic carbocycles. The van der Waals surface area contributed by atoms with E-state index in [1.165, 1.54) is 0 Å². The predicted molar refractivity (Wildman–Crippen MR) is 118 cm³/mol. The van der Waals surface area contributed by atoms with Crippen molar-refractivity contribution in [2.45, 2.75) is 39.0 Å². The average Bonchev–Trinajstić information content (AvgIpc) is 3.02. The third-order valence-electron chi connectivity index (χ3n) is 5.00. The van der Waals surface area contributed by atoms with Crippen LogP contribution in [0.15, 0.2) is 45.8 Å².